The van der Waals surface area contributed by atoms with E-state index in [0.717, 1.165) is 25.0 Å². The number of likely N-dealkylation sites (N-methyl/N-ethyl adjacent to an activating group) is 1. The van der Waals surface area contributed by atoms with Crippen LogP contribution in [-0.2, 0) is 9.59 Å². The summed E-state index contributed by atoms with van der Waals surface area (Å²) in [7, 11) is 1.74. The molecule has 0 aliphatic heterocycles. The molecule has 162 valence electrons. The molecule has 0 radical (unpaired) electrons. The average Bonchev–Trinajstić information content (AvgIpc) is 2.59. The maximum Gasteiger partial charge on any atom is 0.573 e. The van der Waals surface area contributed by atoms with Crippen LogP contribution in [0.2, 0.25) is 0 Å². The van der Waals surface area contributed by atoms with E-state index in [0.29, 0.717) is 22.4 Å². The van der Waals surface area contributed by atoms with Crippen molar-refractivity contribution in [3.05, 3.63) is 24.3 Å². The molecule has 0 saturated heterocycles. The van der Waals surface area contributed by atoms with Gasteiger partial charge < -0.3 is 20.3 Å². The average molecular weight is 416 g/mol. The van der Waals surface area contributed by atoms with Gasteiger partial charge in [-0.3, -0.25) is 9.59 Å². The highest BCUT2D eigenvalue weighted by Gasteiger charge is 2.31. The first-order valence-electron chi connectivity index (χ1n) is 9.80. The Labute approximate surface area is 168 Å². The minimum Gasteiger partial charge on any atom is -0.406 e. The highest BCUT2D eigenvalue weighted by atomic mass is 19.4. The van der Waals surface area contributed by atoms with E-state index >= 15 is 0 Å². The Morgan fingerprint density at radius 1 is 1.10 bits per heavy atom. The Hall–Kier alpha value is -2.29. The molecule has 1 aromatic carbocycles. The number of hydrogen-bond donors (Lipinski definition) is 3. The molecule has 3 N–H and O–H groups in total. The molecule has 1 saturated carbocycles. The molecule has 2 rings (SSSR count). The van der Waals surface area contributed by atoms with E-state index in [1.54, 1.807) is 7.05 Å². The number of amides is 2. The fourth-order valence-corrected chi connectivity index (χ4v) is 3.60. The fraction of sp³-hybridized carbons (Fsp3) is 0.600. The lowest BCUT2D eigenvalue weighted by Gasteiger charge is -2.34. The molecular weight excluding hydrogens is 387 g/mol. The maximum atomic E-state index is 12.3. The summed E-state index contributed by atoms with van der Waals surface area (Å²) in [5.41, 5.74) is 0.354. The van der Waals surface area contributed by atoms with E-state index < -0.39 is 6.36 Å². The van der Waals surface area contributed by atoms with Gasteiger partial charge in [0, 0.05) is 11.7 Å². The second-order valence-corrected chi connectivity index (χ2v) is 7.87. The van der Waals surface area contributed by atoms with Gasteiger partial charge in [0.15, 0.2) is 13.1 Å². The summed E-state index contributed by atoms with van der Waals surface area (Å²) in [6.07, 6.45) is -1.49. The zero-order valence-electron chi connectivity index (χ0n) is 16.9. The van der Waals surface area contributed by atoms with Gasteiger partial charge in [-0.15, -0.1) is 13.2 Å². The van der Waals surface area contributed by atoms with E-state index in [1.165, 1.54) is 18.6 Å². The molecule has 0 spiro atoms. The van der Waals surface area contributed by atoms with Crippen LogP contribution in [0, 0.1) is 11.8 Å². The van der Waals surface area contributed by atoms with Gasteiger partial charge in [0.25, 0.3) is 11.8 Å². The van der Waals surface area contributed by atoms with Crippen molar-refractivity contribution in [2.75, 3.05) is 25.5 Å². The topological polar surface area (TPSA) is 71.9 Å². The van der Waals surface area contributed by atoms with Crippen LogP contribution in [0.15, 0.2) is 24.3 Å². The standard InChI is InChI=1S/C20H28F3N3O3/c1-13-5-4-6-17(14(13)2)25-19(28)12-26(3)11-18(27)24-15-7-9-16(10-8-15)29-20(21,22)23/h7-10,13-14,17H,4-6,11-12H2,1-3H3,(H,24,27)(H,25,28)/p+1/t13-,14+,17-/m0/s1. The molecule has 0 bridgehead atoms. The van der Waals surface area contributed by atoms with Gasteiger partial charge in [0.05, 0.1) is 7.05 Å². The quantitative estimate of drug-likeness (QED) is 0.637. The van der Waals surface area contributed by atoms with E-state index in [-0.39, 0.29) is 36.7 Å². The van der Waals surface area contributed by atoms with E-state index in [4.69, 9.17) is 0 Å². The third kappa shape index (κ3) is 7.92. The Morgan fingerprint density at radius 2 is 1.72 bits per heavy atom. The van der Waals surface area contributed by atoms with Crippen molar-refractivity contribution in [2.24, 2.45) is 11.8 Å². The van der Waals surface area contributed by atoms with Crippen molar-refractivity contribution in [3.63, 3.8) is 0 Å². The predicted molar refractivity (Wildman–Crippen MR) is 102 cm³/mol. The van der Waals surface area contributed by atoms with Gasteiger partial charge in [-0.2, -0.15) is 0 Å². The number of carbonyl (C=O) groups excluding carboxylic acids is 2. The molecule has 0 heterocycles. The fourth-order valence-electron chi connectivity index (χ4n) is 3.60. The molecule has 2 amide bonds. The lowest BCUT2D eigenvalue weighted by atomic mass is 9.78. The predicted octanol–water partition coefficient (Wildman–Crippen LogP) is 1.98. The van der Waals surface area contributed by atoms with Crippen molar-refractivity contribution in [2.45, 2.75) is 45.5 Å². The van der Waals surface area contributed by atoms with Crippen molar-refractivity contribution < 1.29 is 32.4 Å². The molecule has 29 heavy (non-hydrogen) atoms. The number of alkyl halides is 3. The van der Waals surface area contributed by atoms with Crippen LogP contribution in [0.5, 0.6) is 5.75 Å². The second-order valence-electron chi connectivity index (χ2n) is 7.87. The summed E-state index contributed by atoms with van der Waals surface area (Å²) < 4.78 is 40.3. The lowest BCUT2D eigenvalue weighted by Crippen LogP contribution is -3.11. The zero-order valence-corrected chi connectivity index (χ0v) is 16.9. The monoisotopic (exact) mass is 416 g/mol. The second kappa shape index (κ2) is 9.96. The lowest BCUT2D eigenvalue weighted by molar-refractivity contribution is -0.862. The van der Waals surface area contributed by atoms with Crippen molar-refractivity contribution >= 4 is 17.5 Å². The summed E-state index contributed by atoms with van der Waals surface area (Å²) in [6, 6.07) is 5.07. The number of benzene rings is 1. The zero-order chi connectivity index (χ0) is 21.6. The molecule has 1 aliphatic carbocycles. The number of quaternary nitrogens is 1. The van der Waals surface area contributed by atoms with Crippen LogP contribution in [0.4, 0.5) is 18.9 Å². The van der Waals surface area contributed by atoms with Crippen molar-refractivity contribution in [1.82, 2.24) is 5.32 Å². The minimum atomic E-state index is -4.76. The Kier molecular flexibility index (Phi) is 7.89. The first-order valence-corrected chi connectivity index (χ1v) is 9.80. The summed E-state index contributed by atoms with van der Waals surface area (Å²) in [5.74, 6) is 0.231. The number of nitrogens with one attached hydrogen (secondary N) is 3. The third-order valence-electron chi connectivity index (χ3n) is 5.35. The molecule has 1 fully saturated rings. The molecule has 0 aromatic heterocycles. The van der Waals surface area contributed by atoms with Crippen LogP contribution in [0.25, 0.3) is 0 Å². The van der Waals surface area contributed by atoms with Gasteiger partial charge in [-0.1, -0.05) is 26.7 Å². The molecule has 1 aromatic rings. The normalized spacial score (nSPS) is 23.2. The highest BCUT2D eigenvalue weighted by Crippen LogP contribution is 2.29. The molecule has 4 atom stereocenters. The first kappa shape index (κ1) is 23.0. The van der Waals surface area contributed by atoms with Gasteiger partial charge >= 0.3 is 6.36 Å². The van der Waals surface area contributed by atoms with Crippen molar-refractivity contribution in [1.29, 1.82) is 0 Å². The van der Waals surface area contributed by atoms with Crippen LogP contribution >= 0.6 is 0 Å². The number of anilines is 1. The van der Waals surface area contributed by atoms with E-state index in [1.807, 2.05) is 0 Å². The molecular formula is C20H29F3N3O3+. The minimum absolute atomic E-state index is 0.0604. The van der Waals surface area contributed by atoms with E-state index in [2.05, 4.69) is 29.2 Å². The van der Waals surface area contributed by atoms with Crippen LogP contribution in [-0.4, -0.2) is 44.4 Å². The number of carbonyl (C=O) groups is 2. The molecule has 9 heteroatoms. The summed E-state index contributed by atoms with van der Waals surface area (Å²) >= 11 is 0. The Balaban J connectivity index is 1.76. The largest absolute Gasteiger partial charge is 0.573 e. The summed E-state index contributed by atoms with van der Waals surface area (Å²) in [5, 5.41) is 5.68. The summed E-state index contributed by atoms with van der Waals surface area (Å²) in [6.45, 7) is 4.59. The van der Waals surface area contributed by atoms with Gasteiger partial charge in [0.2, 0.25) is 0 Å². The van der Waals surface area contributed by atoms with Gasteiger partial charge in [-0.05, 0) is 42.5 Å². The summed E-state index contributed by atoms with van der Waals surface area (Å²) in [4.78, 5) is 25.1. The Bertz CT molecular complexity index is 694. The smallest absolute Gasteiger partial charge is 0.406 e. The Morgan fingerprint density at radius 3 is 2.34 bits per heavy atom. The SMILES string of the molecule is C[C@H]1[C@@H](NC(=O)C[NH+](C)CC(=O)Nc2ccc(OC(F)(F)F)cc2)CCC[C@@H]1C. The van der Waals surface area contributed by atoms with Crippen LogP contribution < -0.4 is 20.3 Å². The van der Waals surface area contributed by atoms with Crippen molar-refractivity contribution in [3.8, 4) is 5.75 Å². The number of halogens is 3. The molecule has 1 unspecified atom stereocenters. The number of rotatable bonds is 7. The molecule has 6 nitrogen and oxygen atoms in total. The van der Waals surface area contributed by atoms with E-state index in [9.17, 15) is 22.8 Å². The molecule has 1 aliphatic rings. The van der Waals surface area contributed by atoms with Gasteiger partial charge in [-0.25, -0.2) is 0 Å². The van der Waals surface area contributed by atoms with Crippen LogP contribution in [0.1, 0.15) is 33.1 Å². The third-order valence-corrected chi connectivity index (χ3v) is 5.35. The number of ether oxygens (including phenoxy) is 1. The van der Waals surface area contributed by atoms with Gasteiger partial charge in [0.1, 0.15) is 5.75 Å². The van der Waals surface area contributed by atoms with Crippen LogP contribution in [0.3, 0.4) is 0 Å². The highest BCUT2D eigenvalue weighted by molar-refractivity contribution is 5.91. The number of hydrogen-bond acceptors (Lipinski definition) is 3. The first-order chi connectivity index (χ1) is 13.5. The maximum absolute atomic E-state index is 12.3.